The number of benzene rings is 1. The van der Waals surface area contributed by atoms with Crippen molar-refractivity contribution in [1.29, 1.82) is 0 Å². The molecule has 0 aromatic heterocycles. The van der Waals surface area contributed by atoms with Gasteiger partial charge in [0.25, 0.3) is 0 Å². The first-order valence-corrected chi connectivity index (χ1v) is 6.50. The fourth-order valence-corrected chi connectivity index (χ4v) is 2.48. The minimum Gasteiger partial charge on any atom is -0.294 e. The maximum atomic E-state index is 12.4. The van der Waals surface area contributed by atoms with Gasteiger partial charge in [-0.25, -0.2) is 0 Å². The fraction of sp³-hybridized carbons (Fsp3) is 0.462. The minimum absolute atomic E-state index is 0.116. The van der Waals surface area contributed by atoms with Crippen LogP contribution in [0.3, 0.4) is 0 Å². The van der Waals surface area contributed by atoms with Gasteiger partial charge in [0.2, 0.25) is 0 Å². The highest BCUT2D eigenvalue weighted by Crippen LogP contribution is 2.29. The van der Waals surface area contributed by atoms with Crippen molar-refractivity contribution >= 4 is 33.3 Å². The first-order chi connectivity index (χ1) is 7.29. The molecule has 1 rings (SSSR count). The standard InChI is InChI=1S/C13H16BrClO/c1-8-5-10(14)6-9(2)11(8)12(16)13(3,4)7-15/h5-6H,7H2,1-4H3. The van der Waals surface area contributed by atoms with E-state index in [0.29, 0.717) is 5.88 Å². The van der Waals surface area contributed by atoms with E-state index in [4.69, 9.17) is 11.6 Å². The third-order valence-electron chi connectivity index (χ3n) is 2.67. The molecule has 3 heteroatoms. The largest absolute Gasteiger partial charge is 0.294 e. The number of carbonyl (C=O) groups excluding carboxylic acids is 1. The van der Waals surface area contributed by atoms with Crippen molar-refractivity contribution in [3.05, 3.63) is 33.3 Å². The van der Waals surface area contributed by atoms with Gasteiger partial charge in [-0.1, -0.05) is 29.8 Å². The van der Waals surface area contributed by atoms with Gasteiger partial charge in [0.05, 0.1) is 0 Å². The lowest BCUT2D eigenvalue weighted by atomic mass is 9.83. The van der Waals surface area contributed by atoms with Crippen LogP contribution in [-0.2, 0) is 0 Å². The molecule has 0 aliphatic heterocycles. The summed E-state index contributed by atoms with van der Waals surface area (Å²) in [5.41, 5.74) is 2.28. The number of hydrogen-bond donors (Lipinski definition) is 0. The zero-order valence-corrected chi connectivity index (χ0v) is 12.4. The first-order valence-electron chi connectivity index (χ1n) is 5.17. The van der Waals surface area contributed by atoms with Crippen molar-refractivity contribution in [2.45, 2.75) is 27.7 Å². The van der Waals surface area contributed by atoms with Gasteiger partial charge < -0.3 is 0 Å². The Bertz CT molecular complexity index is 401. The molecular formula is C13H16BrClO. The Morgan fingerprint density at radius 1 is 1.31 bits per heavy atom. The molecule has 0 bridgehead atoms. The van der Waals surface area contributed by atoms with E-state index in [9.17, 15) is 4.79 Å². The van der Waals surface area contributed by atoms with Crippen molar-refractivity contribution in [2.24, 2.45) is 5.41 Å². The van der Waals surface area contributed by atoms with Gasteiger partial charge in [-0.15, -0.1) is 11.6 Å². The van der Waals surface area contributed by atoms with E-state index < -0.39 is 5.41 Å². The second kappa shape index (κ2) is 4.89. The lowest BCUT2D eigenvalue weighted by molar-refractivity contribution is 0.0860. The number of ketones is 1. The average molecular weight is 304 g/mol. The second-order valence-electron chi connectivity index (χ2n) is 4.76. The summed E-state index contributed by atoms with van der Waals surface area (Å²) in [7, 11) is 0. The van der Waals surface area contributed by atoms with Crippen LogP contribution < -0.4 is 0 Å². The molecule has 0 aliphatic carbocycles. The number of carbonyl (C=O) groups is 1. The number of alkyl halides is 1. The van der Waals surface area contributed by atoms with Gasteiger partial charge in [-0.2, -0.15) is 0 Å². The Hall–Kier alpha value is -0.340. The van der Waals surface area contributed by atoms with E-state index in [-0.39, 0.29) is 5.78 Å². The maximum absolute atomic E-state index is 12.4. The molecule has 1 aromatic rings. The Morgan fingerprint density at radius 3 is 2.12 bits per heavy atom. The summed E-state index contributed by atoms with van der Waals surface area (Å²) in [5, 5.41) is 0. The monoisotopic (exact) mass is 302 g/mol. The summed E-state index contributed by atoms with van der Waals surface area (Å²) < 4.78 is 1.00. The van der Waals surface area contributed by atoms with E-state index in [1.165, 1.54) is 0 Å². The molecule has 0 spiro atoms. The van der Waals surface area contributed by atoms with E-state index in [2.05, 4.69) is 15.9 Å². The third kappa shape index (κ3) is 2.67. The molecule has 0 fully saturated rings. The molecule has 0 heterocycles. The van der Waals surface area contributed by atoms with Crippen molar-refractivity contribution in [3.8, 4) is 0 Å². The van der Waals surface area contributed by atoms with Crippen molar-refractivity contribution in [2.75, 3.05) is 5.88 Å². The van der Waals surface area contributed by atoms with E-state index in [1.54, 1.807) is 0 Å². The summed E-state index contributed by atoms with van der Waals surface area (Å²) >= 11 is 9.27. The van der Waals surface area contributed by atoms with Gasteiger partial charge in [-0.3, -0.25) is 4.79 Å². The summed E-state index contributed by atoms with van der Waals surface area (Å²) in [6.45, 7) is 7.66. The van der Waals surface area contributed by atoms with Crippen LogP contribution in [0.5, 0.6) is 0 Å². The summed E-state index contributed by atoms with van der Waals surface area (Å²) in [6, 6.07) is 3.93. The normalized spacial score (nSPS) is 11.6. The zero-order chi connectivity index (χ0) is 12.5. The Balaban J connectivity index is 3.30. The third-order valence-corrected chi connectivity index (χ3v) is 3.80. The van der Waals surface area contributed by atoms with Gasteiger partial charge in [0, 0.05) is 21.3 Å². The predicted molar refractivity (Wildman–Crippen MR) is 72.4 cm³/mol. The van der Waals surface area contributed by atoms with Crippen molar-refractivity contribution < 1.29 is 4.79 Å². The predicted octanol–water partition coefficient (Wildman–Crippen LogP) is 4.51. The summed E-state index contributed by atoms with van der Waals surface area (Å²) in [5.74, 6) is 0.450. The second-order valence-corrected chi connectivity index (χ2v) is 5.94. The van der Waals surface area contributed by atoms with Gasteiger partial charge in [0.1, 0.15) is 0 Å². The van der Waals surface area contributed by atoms with E-state index in [1.807, 2.05) is 39.8 Å². The molecule has 0 N–H and O–H groups in total. The SMILES string of the molecule is Cc1cc(Br)cc(C)c1C(=O)C(C)(C)CCl. The highest BCUT2D eigenvalue weighted by molar-refractivity contribution is 9.10. The number of rotatable bonds is 3. The van der Waals surface area contributed by atoms with Crippen LogP contribution in [0.4, 0.5) is 0 Å². The van der Waals surface area contributed by atoms with Crippen LogP contribution in [0.2, 0.25) is 0 Å². The molecule has 1 nitrogen and oxygen atoms in total. The lowest BCUT2D eigenvalue weighted by Gasteiger charge is -2.22. The number of hydrogen-bond acceptors (Lipinski definition) is 1. The van der Waals surface area contributed by atoms with Crippen LogP contribution in [0.1, 0.15) is 35.3 Å². The minimum atomic E-state index is -0.509. The number of aryl methyl sites for hydroxylation is 2. The van der Waals surface area contributed by atoms with Crippen LogP contribution in [0, 0.1) is 19.3 Å². The summed E-state index contributed by atoms with van der Waals surface area (Å²) in [4.78, 5) is 12.4. The molecule has 0 amide bonds. The van der Waals surface area contributed by atoms with Crippen molar-refractivity contribution in [3.63, 3.8) is 0 Å². The van der Waals surface area contributed by atoms with Crippen molar-refractivity contribution in [1.82, 2.24) is 0 Å². The lowest BCUT2D eigenvalue weighted by Crippen LogP contribution is -2.27. The van der Waals surface area contributed by atoms with E-state index >= 15 is 0 Å². The molecule has 88 valence electrons. The smallest absolute Gasteiger partial charge is 0.170 e. The molecular weight excluding hydrogens is 287 g/mol. The quantitative estimate of drug-likeness (QED) is 0.593. The fourth-order valence-electron chi connectivity index (χ4n) is 1.67. The van der Waals surface area contributed by atoms with Gasteiger partial charge in [-0.05, 0) is 37.1 Å². The first kappa shape index (κ1) is 13.7. The number of Topliss-reactive ketones (excluding diaryl/α,β-unsaturated/α-hetero) is 1. The zero-order valence-electron chi connectivity index (χ0n) is 10.0. The van der Waals surface area contributed by atoms with Crippen LogP contribution in [0.15, 0.2) is 16.6 Å². The molecule has 0 radical (unpaired) electrons. The Labute approximate surface area is 110 Å². The van der Waals surface area contributed by atoms with Crippen LogP contribution >= 0.6 is 27.5 Å². The van der Waals surface area contributed by atoms with Crippen LogP contribution in [0.25, 0.3) is 0 Å². The maximum Gasteiger partial charge on any atom is 0.170 e. The molecule has 0 saturated heterocycles. The molecule has 0 atom stereocenters. The van der Waals surface area contributed by atoms with Gasteiger partial charge >= 0.3 is 0 Å². The average Bonchev–Trinajstić information content (AvgIpc) is 2.15. The highest BCUT2D eigenvalue weighted by Gasteiger charge is 2.29. The molecule has 1 aromatic carbocycles. The molecule has 0 aliphatic rings. The van der Waals surface area contributed by atoms with Crippen LogP contribution in [-0.4, -0.2) is 11.7 Å². The topological polar surface area (TPSA) is 17.1 Å². The molecule has 0 saturated carbocycles. The molecule has 0 unspecified atom stereocenters. The number of halogens is 2. The highest BCUT2D eigenvalue weighted by atomic mass is 79.9. The molecule has 16 heavy (non-hydrogen) atoms. The van der Waals surface area contributed by atoms with E-state index in [0.717, 1.165) is 21.2 Å². The summed E-state index contributed by atoms with van der Waals surface area (Å²) in [6.07, 6.45) is 0. The Kier molecular flexibility index (Phi) is 4.19. The van der Waals surface area contributed by atoms with Gasteiger partial charge in [0.15, 0.2) is 5.78 Å². The Morgan fingerprint density at radius 2 is 1.75 bits per heavy atom.